The number of furan rings is 1. The zero-order valence-electron chi connectivity index (χ0n) is 17.2. The van der Waals surface area contributed by atoms with Crippen LogP contribution in [0, 0.1) is 13.8 Å². The van der Waals surface area contributed by atoms with E-state index in [2.05, 4.69) is 15.3 Å². The van der Waals surface area contributed by atoms with Gasteiger partial charge in [-0.1, -0.05) is 30.3 Å². The van der Waals surface area contributed by atoms with Gasteiger partial charge in [-0.3, -0.25) is 4.79 Å². The van der Waals surface area contributed by atoms with Crippen molar-refractivity contribution in [1.29, 1.82) is 0 Å². The van der Waals surface area contributed by atoms with Crippen molar-refractivity contribution >= 4 is 5.91 Å². The molecule has 30 heavy (non-hydrogen) atoms. The van der Waals surface area contributed by atoms with Crippen LogP contribution in [0.5, 0.6) is 5.75 Å². The van der Waals surface area contributed by atoms with E-state index in [1.807, 2.05) is 61.7 Å². The number of imidazole rings is 1. The minimum atomic E-state index is -0.145. The summed E-state index contributed by atoms with van der Waals surface area (Å²) in [5, 5.41) is 2.95. The lowest BCUT2D eigenvalue weighted by molar-refractivity contribution is 0.0949. The highest BCUT2D eigenvalue weighted by Gasteiger charge is 2.13. The molecule has 0 fully saturated rings. The van der Waals surface area contributed by atoms with Gasteiger partial charge in [-0.25, -0.2) is 4.98 Å². The number of hydrogen-bond acceptors (Lipinski definition) is 4. The number of hydrogen-bond donors (Lipinski definition) is 2. The molecule has 152 valence electrons. The number of ether oxygens (including phenoxy) is 1. The molecule has 0 unspecified atom stereocenters. The molecule has 4 aromatic rings. The van der Waals surface area contributed by atoms with Gasteiger partial charge in [0.1, 0.15) is 23.1 Å². The summed E-state index contributed by atoms with van der Waals surface area (Å²) in [7, 11) is 1.65. The maximum absolute atomic E-state index is 12.4. The summed E-state index contributed by atoms with van der Waals surface area (Å²) in [6, 6.07) is 17.5. The third-order valence-corrected chi connectivity index (χ3v) is 4.90. The Hall–Kier alpha value is -3.80. The van der Waals surface area contributed by atoms with Gasteiger partial charge in [-0.2, -0.15) is 0 Å². The average Bonchev–Trinajstić information content (AvgIpc) is 3.39. The van der Waals surface area contributed by atoms with Gasteiger partial charge in [-0.05, 0) is 43.7 Å². The van der Waals surface area contributed by atoms with Gasteiger partial charge in [0, 0.05) is 17.7 Å². The third kappa shape index (κ3) is 4.12. The summed E-state index contributed by atoms with van der Waals surface area (Å²) in [5.41, 5.74) is 4.41. The van der Waals surface area contributed by atoms with Crippen molar-refractivity contribution in [2.24, 2.45) is 0 Å². The maximum Gasteiger partial charge on any atom is 0.255 e. The molecular weight excluding hydrogens is 378 g/mol. The van der Waals surface area contributed by atoms with Crippen molar-refractivity contribution in [3.63, 3.8) is 0 Å². The average molecular weight is 401 g/mol. The van der Waals surface area contributed by atoms with Crippen LogP contribution >= 0.6 is 0 Å². The maximum atomic E-state index is 12.4. The largest absolute Gasteiger partial charge is 0.497 e. The molecule has 6 heteroatoms. The van der Waals surface area contributed by atoms with Crippen LogP contribution in [0.2, 0.25) is 0 Å². The standard InChI is InChI=1S/C24H23N3O3/c1-15-10-21(16(2)30-15)24(28)26-13-17-6-4-8-19(11-17)23-25-14-22(27-23)18-7-5-9-20(12-18)29-3/h4-12,14H,13H2,1-3H3,(H,25,27)(H,26,28). The third-order valence-electron chi connectivity index (χ3n) is 4.90. The van der Waals surface area contributed by atoms with Crippen LogP contribution < -0.4 is 10.1 Å². The number of amides is 1. The van der Waals surface area contributed by atoms with Gasteiger partial charge in [-0.15, -0.1) is 0 Å². The number of methoxy groups -OCH3 is 1. The topological polar surface area (TPSA) is 80.2 Å². The number of rotatable bonds is 6. The van der Waals surface area contributed by atoms with E-state index in [1.54, 1.807) is 20.1 Å². The highest BCUT2D eigenvalue weighted by atomic mass is 16.5. The summed E-state index contributed by atoms with van der Waals surface area (Å²) in [4.78, 5) is 20.3. The number of H-pyrrole nitrogens is 1. The lowest BCUT2D eigenvalue weighted by Gasteiger charge is -2.06. The predicted molar refractivity (Wildman–Crippen MR) is 115 cm³/mol. The second-order valence-corrected chi connectivity index (χ2v) is 7.09. The summed E-state index contributed by atoms with van der Waals surface area (Å²) >= 11 is 0. The molecule has 0 aliphatic heterocycles. The summed E-state index contributed by atoms with van der Waals surface area (Å²) < 4.78 is 10.7. The number of aromatic amines is 1. The van der Waals surface area contributed by atoms with Gasteiger partial charge in [0.15, 0.2) is 0 Å². The highest BCUT2D eigenvalue weighted by Crippen LogP contribution is 2.25. The number of carbonyl (C=O) groups excluding carboxylic acids is 1. The summed E-state index contributed by atoms with van der Waals surface area (Å²) in [6.45, 7) is 4.04. The quantitative estimate of drug-likeness (QED) is 0.482. The smallest absolute Gasteiger partial charge is 0.255 e. The van der Waals surface area contributed by atoms with E-state index in [-0.39, 0.29) is 5.91 Å². The molecule has 0 atom stereocenters. The van der Waals surface area contributed by atoms with E-state index in [0.717, 1.165) is 39.7 Å². The van der Waals surface area contributed by atoms with Crippen LogP contribution in [0.15, 0.2) is 65.2 Å². The van der Waals surface area contributed by atoms with E-state index < -0.39 is 0 Å². The molecule has 0 bridgehead atoms. The van der Waals surface area contributed by atoms with Gasteiger partial charge >= 0.3 is 0 Å². The molecule has 0 aliphatic rings. The number of carbonyl (C=O) groups is 1. The van der Waals surface area contributed by atoms with E-state index in [4.69, 9.17) is 9.15 Å². The molecule has 0 aliphatic carbocycles. The van der Waals surface area contributed by atoms with Crippen LogP contribution in [0.25, 0.3) is 22.6 Å². The molecule has 0 saturated heterocycles. The zero-order valence-corrected chi connectivity index (χ0v) is 17.2. The van der Waals surface area contributed by atoms with Crippen LogP contribution in [-0.2, 0) is 6.54 Å². The Balaban J connectivity index is 1.49. The Morgan fingerprint density at radius 1 is 1.10 bits per heavy atom. The molecular formula is C24H23N3O3. The van der Waals surface area contributed by atoms with E-state index in [1.165, 1.54) is 0 Å². The van der Waals surface area contributed by atoms with Crippen molar-refractivity contribution in [1.82, 2.24) is 15.3 Å². The molecule has 2 aromatic carbocycles. The first-order valence-electron chi connectivity index (χ1n) is 9.67. The van der Waals surface area contributed by atoms with Crippen LogP contribution in [-0.4, -0.2) is 23.0 Å². The Morgan fingerprint density at radius 3 is 2.67 bits per heavy atom. The molecule has 4 rings (SSSR count). The van der Waals surface area contributed by atoms with E-state index in [9.17, 15) is 4.79 Å². The van der Waals surface area contributed by atoms with Crippen LogP contribution in [0.3, 0.4) is 0 Å². The zero-order chi connectivity index (χ0) is 21.1. The van der Waals surface area contributed by atoms with E-state index in [0.29, 0.717) is 17.9 Å². The first-order valence-corrected chi connectivity index (χ1v) is 9.67. The van der Waals surface area contributed by atoms with Crippen LogP contribution in [0.1, 0.15) is 27.4 Å². The van der Waals surface area contributed by atoms with Gasteiger partial charge in [0.2, 0.25) is 0 Å². The first kappa shape index (κ1) is 19.5. The van der Waals surface area contributed by atoms with Crippen molar-refractivity contribution < 1.29 is 13.9 Å². The molecule has 0 spiro atoms. The lowest BCUT2D eigenvalue weighted by atomic mass is 10.1. The Labute approximate surface area is 174 Å². The minimum absolute atomic E-state index is 0.145. The van der Waals surface area contributed by atoms with Crippen LogP contribution in [0.4, 0.5) is 0 Å². The molecule has 6 nitrogen and oxygen atoms in total. The summed E-state index contributed by atoms with van der Waals surface area (Å²) in [6.07, 6.45) is 1.81. The monoisotopic (exact) mass is 401 g/mol. The normalized spacial score (nSPS) is 10.8. The van der Waals surface area contributed by atoms with E-state index >= 15 is 0 Å². The van der Waals surface area contributed by atoms with Gasteiger partial charge in [0.05, 0.1) is 24.6 Å². The molecule has 0 radical (unpaired) electrons. The number of nitrogens with zero attached hydrogens (tertiary/aromatic N) is 1. The molecule has 1 amide bonds. The minimum Gasteiger partial charge on any atom is -0.497 e. The Morgan fingerprint density at radius 2 is 1.90 bits per heavy atom. The Kier molecular flexibility index (Phi) is 5.39. The summed E-state index contributed by atoms with van der Waals surface area (Å²) in [5.74, 6) is 2.77. The molecule has 0 saturated carbocycles. The molecule has 2 N–H and O–H groups in total. The van der Waals surface area contributed by atoms with Crippen molar-refractivity contribution in [3.05, 3.63) is 83.4 Å². The number of aromatic nitrogens is 2. The second-order valence-electron chi connectivity index (χ2n) is 7.09. The lowest BCUT2D eigenvalue weighted by Crippen LogP contribution is -2.22. The fourth-order valence-electron chi connectivity index (χ4n) is 3.37. The first-order chi connectivity index (χ1) is 14.5. The van der Waals surface area contributed by atoms with Crippen molar-refractivity contribution in [3.8, 4) is 28.4 Å². The number of nitrogens with one attached hydrogen (secondary N) is 2. The Bertz CT molecular complexity index is 1190. The van der Waals surface area contributed by atoms with Crippen molar-refractivity contribution in [2.75, 3.05) is 7.11 Å². The van der Waals surface area contributed by atoms with Crippen molar-refractivity contribution in [2.45, 2.75) is 20.4 Å². The van der Waals surface area contributed by atoms with Gasteiger partial charge in [0.25, 0.3) is 5.91 Å². The van der Waals surface area contributed by atoms with Gasteiger partial charge < -0.3 is 19.5 Å². The second kappa shape index (κ2) is 8.29. The molecule has 2 aromatic heterocycles. The predicted octanol–water partition coefficient (Wildman–Crippen LogP) is 4.89. The fraction of sp³-hybridized carbons (Fsp3) is 0.167. The fourth-order valence-corrected chi connectivity index (χ4v) is 3.37. The number of aryl methyl sites for hydroxylation is 2. The highest BCUT2D eigenvalue weighted by molar-refractivity contribution is 5.95. The molecule has 2 heterocycles. The SMILES string of the molecule is COc1cccc(-c2cnc(-c3cccc(CNC(=O)c4cc(C)oc4C)c3)[nH]2)c1. The number of benzene rings is 2.